The fourth-order valence-corrected chi connectivity index (χ4v) is 3.83. The molecular formula is C16H28N2O14S. The van der Waals surface area contributed by atoms with Crippen LogP contribution < -0.4 is 10.6 Å². The van der Waals surface area contributed by atoms with Gasteiger partial charge < -0.3 is 50.4 Å². The minimum Gasteiger partial charge on any atom is -0.394 e. The fraction of sp³-hybridized carbons (Fsp3) is 0.875. The van der Waals surface area contributed by atoms with E-state index in [1.807, 2.05) is 0 Å². The molecule has 10 atom stereocenters. The molecule has 8 N–H and O–H groups in total. The summed E-state index contributed by atoms with van der Waals surface area (Å²) in [5.41, 5.74) is 0. The Hall–Kier alpha value is -1.51. The summed E-state index contributed by atoms with van der Waals surface area (Å²) >= 11 is 0. The van der Waals surface area contributed by atoms with Gasteiger partial charge in [0.15, 0.2) is 12.6 Å². The zero-order valence-corrected chi connectivity index (χ0v) is 18.4. The predicted octanol–water partition coefficient (Wildman–Crippen LogP) is -5.28. The van der Waals surface area contributed by atoms with Gasteiger partial charge in [0.25, 0.3) is 0 Å². The fourth-order valence-electron chi connectivity index (χ4n) is 3.52. The first-order chi connectivity index (χ1) is 15.2. The third-order valence-corrected chi connectivity index (χ3v) is 5.42. The van der Waals surface area contributed by atoms with Crippen LogP contribution in [0.5, 0.6) is 0 Å². The van der Waals surface area contributed by atoms with Crippen LogP contribution >= 0.6 is 0 Å². The molecule has 2 saturated heterocycles. The standard InChI is InChI=1S/C16H28N2O14S/c1-5(20)17-9-13(24)14(8(30-15(9)25)4-29-33(26,27)28)32-16-10(18-6(2)21)12(23)11(22)7(3-19)31-16/h7-16,19,22-25H,3-4H2,1-2H3,(H,17,20)(H,18,21)(H,26,27,28)/t7-,8-,9-,10-,11-,12-,13-,14-,15?,16+/m1/s1. The van der Waals surface area contributed by atoms with Crippen molar-refractivity contribution in [2.75, 3.05) is 13.2 Å². The molecule has 2 rings (SSSR count). The molecule has 192 valence electrons. The maximum Gasteiger partial charge on any atom is 0.397 e. The highest BCUT2D eigenvalue weighted by Crippen LogP contribution is 2.29. The van der Waals surface area contributed by atoms with Crippen molar-refractivity contribution in [3.8, 4) is 0 Å². The first kappa shape index (κ1) is 27.7. The van der Waals surface area contributed by atoms with Crippen molar-refractivity contribution in [3.05, 3.63) is 0 Å². The van der Waals surface area contributed by atoms with Gasteiger partial charge in [-0.15, -0.1) is 0 Å². The lowest BCUT2D eigenvalue weighted by Gasteiger charge is -2.47. The molecule has 2 aliphatic heterocycles. The number of nitrogens with one attached hydrogen (secondary N) is 2. The number of carbonyl (C=O) groups is 2. The third kappa shape index (κ3) is 7.23. The second-order valence-electron chi connectivity index (χ2n) is 7.53. The zero-order valence-electron chi connectivity index (χ0n) is 17.5. The minimum atomic E-state index is -4.97. The average Bonchev–Trinajstić information content (AvgIpc) is 2.70. The molecule has 0 radical (unpaired) electrons. The number of aliphatic hydroxyl groups is 5. The van der Waals surface area contributed by atoms with Crippen molar-refractivity contribution in [2.24, 2.45) is 0 Å². The predicted molar refractivity (Wildman–Crippen MR) is 102 cm³/mol. The van der Waals surface area contributed by atoms with Gasteiger partial charge in [-0.2, -0.15) is 8.42 Å². The molecule has 0 aromatic rings. The Bertz CT molecular complexity index is 796. The number of hydrogen-bond acceptors (Lipinski definition) is 13. The van der Waals surface area contributed by atoms with Gasteiger partial charge in [-0.1, -0.05) is 0 Å². The van der Waals surface area contributed by atoms with E-state index >= 15 is 0 Å². The third-order valence-electron chi connectivity index (χ3n) is 4.99. The summed E-state index contributed by atoms with van der Waals surface area (Å²) in [7, 11) is -4.97. The second kappa shape index (κ2) is 11.3. The second-order valence-corrected chi connectivity index (χ2v) is 8.62. The molecule has 2 fully saturated rings. The van der Waals surface area contributed by atoms with Gasteiger partial charge in [-0.05, 0) is 0 Å². The molecule has 1 unspecified atom stereocenters. The molecule has 0 saturated carbocycles. The number of hydrogen-bond donors (Lipinski definition) is 8. The SMILES string of the molecule is CC(=O)N[C@H]1[C@H](O[C@H]2[C@H](O)[C@@H](NC(C)=O)C(O)O[C@@H]2COS(=O)(=O)O)O[C@H](CO)[C@@H](O)[C@@H]1O. The maximum atomic E-state index is 11.6. The van der Waals surface area contributed by atoms with Crippen LogP contribution in [-0.2, 0) is 38.4 Å². The van der Waals surface area contributed by atoms with Crippen LogP contribution in [0.25, 0.3) is 0 Å². The van der Waals surface area contributed by atoms with Gasteiger partial charge >= 0.3 is 10.4 Å². The highest BCUT2D eigenvalue weighted by Gasteiger charge is 2.51. The lowest BCUT2D eigenvalue weighted by atomic mass is 9.94. The molecule has 16 nitrogen and oxygen atoms in total. The number of aliphatic hydroxyl groups excluding tert-OH is 5. The van der Waals surface area contributed by atoms with Gasteiger partial charge in [-0.25, -0.2) is 4.18 Å². The number of carbonyl (C=O) groups excluding carboxylic acids is 2. The first-order valence-electron chi connectivity index (χ1n) is 9.70. The topological polar surface area (TPSA) is 251 Å². The van der Waals surface area contributed by atoms with Gasteiger partial charge in [0.1, 0.15) is 48.7 Å². The van der Waals surface area contributed by atoms with Crippen molar-refractivity contribution in [1.29, 1.82) is 0 Å². The molecule has 0 aromatic carbocycles. The van der Waals surface area contributed by atoms with Crippen LogP contribution in [-0.4, -0.2) is 125 Å². The molecule has 2 aliphatic rings. The van der Waals surface area contributed by atoms with Crippen LogP contribution in [0.4, 0.5) is 0 Å². The highest BCUT2D eigenvalue weighted by molar-refractivity contribution is 7.80. The average molecular weight is 504 g/mol. The molecule has 0 aromatic heterocycles. The van der Waals surface area contributed by atoms with E-state index < -0.39 is 96.7 Å². The van der Waals surface area contributed by atoms with E-state index in [1.54, 1.807) is 0 Å². The smallest absolute Gasteiger partial charge is 0.394 e. The summed E-state index contributed by atoms with van der Waals surface area (Å²) in [4.78, 5) is 23.0. The van der Waals surface area contributed by atoms with Crippen molar-refractivity contribution >= 4 is 22.2 Å². The van der Waals surface area contributed by atoms with Crippen molar-refractivity contribution in [2.45, 2.75) is 75.1 Å². The van der Waals surface area contributed by atoms with E-state index in [9.17, 15) is 43.5 Å². The van der Waals surface area contributed by atoms with Crippen LogP contribution in [0.15, 0.2) is 0 Å². The van der Waals surface area contributed by atoms with Gasteiger partial charge in [0.05, 0.1) is 13.2 Å². The Labute approximate surface area is 188 Å². The summed E-state index contributed by atoms with van der Waals surface area (Å²) in [5, 5.41) is 55.3. The van der Waals surface area contributed by atoms with Gasteiger partial charge in [-0.3, -0.25) is 14.1 Å². The summed E-state index contributed by atoms with van der Waals surface area (Å²) < 4.78 is 51.3. The Morgan fingerprint density at radius 3 is 2.00 bits per heavy atom. The molecule has 2 amide bonds. The van der Waals surface area contributed by atoms with E-state index in [0.29, 0.717) is 0 Å². The minimum absolute atomic E-state index is 0.663. The van der Waals surface area contributed by atoms with E-state index in [4.69, 9.17) is 18.8 Å². The van der Waals surface area contributed by atoms with Crippen LogP contribution in [0.1, 0.15) is 13.8 Å². The quantitative estimate of drug-likeness (QED) is 0.144. The largest absolute Gasteiger partial charge is 0.397 e. The van der Waals surface area contributed by atoms with Crippen LogP contribution in [0, 0.1) is 0 Å². The zero-order chi connectivity index (χ0) is 25.1. The summed E-state index contributed by atoms with van der Waals surface area (Å²) in [6, 6.07) is -2.90. The van der Waals surface area contributed by atoms with E-state index in [0.717, 1.165) is 13.8 Å². The van der Waals surface area contributed by atoms with E-state index in [1.165, 1.54) is 0 Å². The lowest BCUT2D eigenvalue weighted by molar-refractivity contribution is -0.327. The van der Waals surface area contributed by atoms with Gasteiger partial charge in [0, 0.05) is 13.8 Å². The Balaban J connectivity index is 2.35. The number of ether oxygens (including phenoxy) is 3. The van der Waals surface area contributed by atoms with E-state index in [-0.39, 0.29) is 0 Å². The van der Waals surface area contributed by atoms with Crippen LogP contribution in [0.2, 0.25) is 0 Å². The van der Waals surface area contributed by atoms with Crippen molar-refractivity contribution in [3.63, 3.8) is 0 Å². The normalized spacial score (nSPS) is 39.6. The molecule has 0 spiro atoms. The summed E-state index contributed by atoms with van der Waals surface area (Å²) in [5.74, 6) is -1.33. The van der Waals surface area contributed by atoms with Crippen LogP contribution in [0.3, 0.4) is 0 Å². The molecule has 0 bridgehead atoms. The van der Waals surface area contributed by atoms with Crippen molar-refractivity contribution < 1.29 is 66.5 Å². The maximum absolute atomic E-state index is 11.6. The summed E-state index contributed by atoms with van der Waals surface area (Å²) in [6.45, 7) is 0.454. The summed E-state index contributed by atoms with van der Waals surface area (Å²) in [6.07, 6.45) is -13.2. The molecular weight excluding hydrogens is 476 g/mol. The van der Waals surface area contributed by atoms with Gasteiger partial charge in [0.2, 0.25) is 11.8 Å². The lowest BCUT2D eigenvalue weighted by Crippen LogP contribution is -2.69. The highest BCUT2D eigenvalue weighted by atomic mass is 32.3. The molecule has 33 heavy (non-hydrogen) atoms. The molecule has 17 heteroatoms. The van der Waals surface area contributed by atoms with E-state index in [2.05, 4.69) is 14.8 Å². The Morgan fingerprint density at radius 1 is 0.909 bits per heavy atom. The molecule has 2 heterocycles. The Morgan fingerprint density at radius 2 is 1.48 bits per heavy atom. The number of amides is 2. The van der Waals surface area contributed by atoms with Crippen molar-refractivity contribution in [1.82, 2.24) is 10.6 Å². The monoisotopic (exact) mass is 504 g/mol. The number of rotatable bonds is 8. The Kier molecular flexibility index (Phi) is 9.48. The first-order valence-corrected chi connectivity index (χ1v) is 11.1. The molecule has 0 aliphatic carbocycles.